The molecule has 158 valence electrons. The average molecular weight is 488 g/mol. The number of nitrogens with zero attached hydrogens (tertiary/aromatic N) is 2. The van der Waals surface area contributed by atoms with Crippen molar-refractivity contribution in [2.45, 2.75) is 31.4 Å². The van der Waals surface area contributed by atoms with Crippen LogP contribution in [-0.4, -0.2) is 5.78 Å². The third kappa shape index (κ3) is 3.63. The van der Waals surface area contributed by atoms with E-state index in [4.69, 9.17) is 5.73 Å². The van der Waals surface area contributed by atoms with Gasteiger partial charge in [0, 0.05) is 22.2 Å². The van der Waals surface area contributed by atoms with Crippen molar-refractivity contribution in [2.75, 3.05) is 4.90 Å². The minimum absolute atomic E-state index is 0.0632. The molecule has 0 amide bonds. The zero-order valence-corrected chi connectivity index (χ0v) is 17.8. The van der Waals surface area contributed by atoms with Crippen molar-refractivity contribution in [3.8, 4) is 6.07 Å². The molecular formula is C23H17BrF3N3O. The van der Waals surface area contributed by atoms with E-state index < -0.39 is 17.7 Å². The smallest absolute Gasteiger partial charge is 0.384 e. The standard InChI is InChI=1S/C23H17BrF3N3O/c24-14-10-8-13(9-11-14)20-15(12-28)22(29)30(18-6-3-7-19(31)21(18)20)17-5-2-1-4-16(17)23(25,26)27/h1-2,4-5,8-11,20H,3,6-7,29H2. The molecule has 2 aliphatic rings. The highest BCUT2D eigenvalue weighted by Crippen LogP contribution is 2.48. The van der Waals surface area contributed by atoms with Crippen LogP contribution in [0.25, 0.3) is 0 Å². The molecule has 4 nitrogen and oxygen atoms in total. The molecule has 0 saturated carbocycles. The Balaban J connectivity index is 2.00. The summed E-state index contributed by atoms with van der Waals surface area (Å²) in [5, 5.41) is 9.94. The number of hydrogen-bond donors (Lipinski definition) is 1. The predicted molar refractivity (Wildman–Crippen MR) is 114 cm³/mol. The number of nitrogens with two attached hydrogens (primary N) is 1. The summed E-state index contributed by atoms with van der Waals surface area (Å²) in [5.41, 5.74) is 6.82. The number of para-hydroxylation sites is 1. The van der Waals surface area contributed by atoms with Crippen molar-refractivity contribution < 1.29 is 18.0 Å². The van der Waals surface area contributed by atoms with Crippen LogP contribution in [0.3, 0.4) is 0 Å². The van der Waals surface area contributed by atoms with E-state index in [9.17, 15) is 23.2 Å². The van der Waals surface area contributed by atoms with E-state index in [1.807, 2.05) is 0 Å². The fourth-order valence-corrected chi connectivity index (χ4v) is 4.52. The fraction of sp³-hybridized carbons (Fsp3) is 0.217. The predicted octanol–water partition coefficient (Wildman–Crippen LogP) is 5.77. The number of nitriles is 1. The van der Waals surface area contributed by atoms with Gasteiger partial charge in [-0.2, -0.15) is 18.4 Å². The minimum atomic E-state index is -4.62. The van der Waals surface area contributed by atoms with Gasteiger partial charge in [0.05, 0.1) is 28.8 Å². The summed E-state index contributed by atoms with van der Waals surface area (Å²) in [7, 11) is 0. The summed E-state index contributed by atoms with van der Waals surface area (Å²) >= 11 is 3.37. The third-order valence-corrected chi connectivity index (χ3v) is 6.10. The lowest BCUT2D eigenvalue weighted by molar-refractivity contribution is -0.137. The summed E-state index contributed by atoms with van der Waals surface area (Å²) < 4.78 is 42.1. The highest BCUT2D eigenvalue weighted by molar-refractivity contribution is 9.10. The number of carbonyl (C=O) groups is 1. The van der Waals surface area contributed by atoms with Crippen LogP contribution in [0.15, 0.2) is 75.7 Å². The zero-order chi connectivity index (χ0) is 22.3. The Morgan fingerprint density at radius 1 is 1.10 bits per heavy atom. The maximum absolute atomic E-state index is 13.8. The van der Waals surface area contributed by atoms with E-state index in [2.05, 4.69) is 22.0 Å². The summed E-state index contributed by atoms with van der Waals surface area (Å²) in [6.07, 6.45) is -3.45. The molecule has 2 N–H and O–H groups in total. The molecule has 31 heavy (non-hydrogen) atoms. The summed E-state index contributed by atoms with van der Waals surface area (Å²) in [4.78, 5) is 14.3. The van der Waals surface area contributed by atoms with E-state index in [1.165, 1.54) is 23.1 Å². The lowest BCUT2D eigenvalue weighted by Gasteiger charge is -2.40. The summed E-state index contributed by atoms with van der Waals surface area (Å²) in [5.74, 6) is -0.973. The van der Waals surface area contributed by atoms with Gasteiger partial charge >= 0.3 is 6.18 Å². The first kappa shape index (κ1) is 21.2. The van der Waals surface area contributed by atoms with Gasteiger partial charge < -0.3 is 5.73 Å². The van der Waals surface area contributed by atoms with Gasteiger partial charge in [0.15, 0.2) is 5.78 Å². The molecule has 0 radical (unpaired) electrons. The Hall–Kier alpha value is -3.05. The van der Waals surface area contributed by atoms with Crippen molar-refractivity contribution >= 4 is 27.4 Å². The lowest BCUT2D eigenvalue weighted by Crippen LogP contribution is -2.39. The molecule has 8 heteroatoms. The molecule has 1 heterocycles. The maximum Gasteiger partial charge on any atom is 0.418 e. The Labute approximate surface area is 185 Å². The molecule has 1 aliphatic carbocycles. The van der Waals surface area contributed by atoms with Crippen LogP contribution >= 0.6 is 15.9 Å². The second-order valence-electron chi connectivity index (χ2n) is 7.38. The first-order chi connectivity index (χ1) is 14.7. The number of benzene rings is 2. The quantitative estimate of drug-likeness (QED) is 0.583. The van der Waals surface area contributed by atoms with Crippen molar-refractivity contribution in [1.82, 2.24) is 0 Å². The highest BCUT2D eigenvalue weighted by Gasteiger charge is 2.43. The number of carbonyl (C=O) groups excluding carboxylic acids is 1. The van der Waals surface area contributed by atoms with Gasteiger partial charge in [-0.15, -0.1) is 0 Å². The van der Waals surface area contributed by atoms with Gasteiger partial charge in [0.2, 0.25) is 0 Å². The molecule has 4 rings (SSSR count). The summed E-state index contributed by atoms with van der Waals surface area (Å²) in [6.45, 7) is 0. The van der Waals surface area contributed by atoms with E-state index in [-0.39, 0.29) is 29.3 Å². The third-order valence-electron chi connectivity index (χ3n) is 5.57. The molecular weight excluding hydrogens is 471 g/mol. The number of allylic oxidation sites excluding steroid dienone is 3. The SMILES string of the molecule is N#CC1=C(N)N(c2ccccc2C(F)(F)F)C2=C(C(=O)CCC2)C1c1ccc(Br)cc1. The molecule has 0 spiro atoms. The number of hydrogen-bond acceptors (Lipinski definition) is 4. The van der Waals surface area contributed by atoms with Crippen LogP contribution in [0.5, 0.6) is 0 Å². The molecule has 2 aromatic rings. The van der Waals surface area contributed by atoms with Crippen LogP contribution < -0.4 is 10.6 Å². The van der Waals surface area contributed by atoms with E-state index in [1.54, 1.807) is 24.3 Å². The van der Waals surface area contributed by atoms with Gasteiger partial charge in [0.25, 0.3) is 0 Å². The molecule has 0 bridgehead atoms. The van der Waals surface area contributed by atoms with Crippen LogP contribution in [0, 0.1) is 11.3 Å². The Bertz CT molecular complexity index is 1160. The molecule has 0 saturated heterocycles. The molecule has 0 aromatic heterocycles. The molecule has 1 unspecified atom stereocenters. The highest BCUT2D eigenvalue weighted by atomic mass is 79.9. The monoisotopic (exact) mass is 487 g/mol. The van der Waals surface area contributed by atoms with Gasteiger partial charge in [-0.05, 0) is 42.7 Å². The second kappa shape index (κ2) is 7.89. The topological polar surface area (TPSA) is 70.1 Å². The number of ketones is 1. The molecule has 1 aliphatic heterocycles. The Morgan fingerprint density at radius 3 is 2.42 bits per heavy atom. The summed E-state index contributed by atoms with van der Waals surface area (Å²) in [6, 6.07) is 14.3. The normalized spacial score (nSPS) is 19.4. The largest absolute Gasteiger partial charge is 0.418 e. The van der Waals surface area contributed by atoms with Gasteiger partial charge in [0.1, 0.15) is 5.82 Å². The minimum Gasteiger partial charge on any atom is -0.384 e. The Kier molecular flexibility index (Phi) is 5.40. The average Bonchev–Trinajstić information content (AvgIpc) is 2.73. The number of anilines is 1. The maximum atomic E-state index is 13.8. The van der Waals surface area contributed by atoms with Gasteiger partial charge in [-0.3, -0.25) is 9.69 Å². The van der Waals surface area contributed by atoms with Crippen LogP contribution in [-0.2, 0) is 11.0 Å². The van der Waals surface area contributed by atoms with Crippen molar-refractivity contribution in [2.24, 2.45) is 5.73 Å². The molecule has 2 aromatic carbocycles. The lowest BCUT2D eigenvalue weighted by atomic mass is 9.75. The Morgan fingerprint density at radius 2 is 1.77 bits per heavy atom. The van der Waals surface area contributed by atoms with E-state index >= 15 is 0 Å². The fourth-order valence-electron chi connectivity index (χ4n) is 4.26. The van der Waals surface area contributed by atoms with Crippen molar-refractivity contribution in [1.29, 1.82) is 5.26 Å². The molecule has 0 fully saturated rings. The number of rotatable bonds is 2. The number of Topliss-reactive ketones (excluding diaryl/α,β-unsaturated/α-hetero) is 1. The van der Waals surface area contributed by atoms with Gasteiger partial charge in [-0.25, -0.2) is 0 Å². The van der Waals surface area contributed by atoms with Crippen molar-refractivity contribution in [3.05, 3.63) is 86.8 Å². The van der Waals surface area contributed by atoms with Gasteiger partial charge in [-0.1, -0.05) is 40.2 Å². The first-order valence-corrected chi connectivity index (χ1v) is 10.4. The van der Waals surface area contributed by atoms with Crippen LogP contribution in [0.2, 0.25) is 0 Å². The van der Waals surface area contributed by atoms with E-state index in [0.717, 1.165) is 10.5 Å². The number of alkyl halides is 3. The van der Waals surface area contributed by atoms with Crippen LogP contribution in [0.1, 0.15) is 36.3 Å². The van der Waals surface area contributed by atoms with E-state index in [0.29, 0.717) is 29.7 Å². The second-order valence-corrected chi connectivity index (χ2v) is 8.30. The first-order valence-electron chi connectivity index (χ1n) is 9.62. The zero-order valence-electron chi connectivity index (χ0n) is 16.2. The molecule has 1 atom stereocenters. The van der Waals surface area contributed by atoms with Crippen LogP contribution in [0.4, 0.5) is 18.9 Å². The van der Waals surface area contributed by atoms with Crippen molar-refractivity contribution in [3.63, 3.8) is 0 Å². The number of halogens is 4.